The van der Waals surface area contributed by atoms with Crippen LogP contribution in [0.1, 0.15) is 12.8 Å². The number of hydrogen-bond acceptors (Lipinski definition) is 2. The highest BCUT2D eigenvalue weighted by Crippen LogP contribution is 2.21. The molecular weight excluding hydrogens is 152 g/mol. The summed E-state index contributed by atoms with van der Waals surface area (Å²) < 4.78 is 10.5. The van der Waals surface area contributed by atoms with Gasteiger partial charge in [0.2, 0.25) is 0 Å². The summed E-state index contributed by atoms with van der Waals surface area (Å²) in [5, 5.41) is 0. The number of methoxy groups -OCH3 is 2. The molecule has 70 valence electrons. The molecule has 0 N–H and O–H groups in total. The summed E-state index contributed by atoms with van der Waals surface area (Å²) in [5.41, 5.74) is -0.266. The molecule has 0 fully saturated rings. The SMILES string of the molecule is C=CCC(CC=C)(COC)OC. The normalized spacial score (nSPS) is 11.2. The quantitative estimate of drug-likeness (QED) is 0.545. The Hall–Kier alpha value is -0.600. The van der Waals surface area contributed by atoms with Gasteiger partial charge in [-0.1, -0.05) is 12.2 Å². The maximum atomic E-state index is 5.39. The monoisotopic (exact) mass is 170 g/mol. The fourth-order valence-corrected chi connectivity index (χ4v) is 1.22. The van der Waals surface area contributed by atoms with Crippen molar-refractivity contribution in [3.8, 4) is 0 Å². The van der Waals surface area contributed by atoms with Crippen LogP contribution in [0.5, 0.6) is 0 Å². The molecular formula is C10H18O2. The van der Waals surface area contributed by atoms with E-state index in [1.807, 2.05) is 12.2 Å². The lowest BCUT2D eigenvalue weighted by Gasteiger charge is -2.29. The Labute approximate surface area is 74.9 Å². The number of rotatable bonds is 7. The van der Waals surface area contributed by atoms with Gasteiger partial charge in [0.1, 0.15) is 0 Å². The largest absolute Gasteiger partial charge is 0.382 e. The van der Waals surface area contributed by atoms with E-state index in [1.165, 1.54) is 0 Å². The van der Waals surface area contributed by atoms with Crippen molar-refractivity contribution in [1.82, 2.24) is 0 Å². The van der Waals surface area contributed by atoms with Crippen LogP contribution in [0.2, 0.25) is 0 Å². The van der Waals surface area contributed by atoms with Crippen molar-refractivity contribution in [2.45, 2.75) is 18.4 Å². The first kappa shape index (κ1) is 11.4. The molecule has 0 aromatic carbocycles. The van der Waals surface area contributed by atoms with Crippen LogP contribution in [0.3, 0.4) is 0 Å². The maximum Gasteiger partial charge on any atom is 0.0978 e. The zero-order chi connectivity index (χ0) is 9.45. The summed E-state index contributed by atoms with van der Waals surface area (Å²) in [6.45, 7) is 7.95. The lowest BCUT2D eigenvalue weighted by Crippen LogP contribution is -2.35. The molecule has 0 aliphatic rings. The van der Waals surface area contributed by atoms with Crippen molar-refractivity contribution in [1.29, 1.82) is 0 Å². The van der Waals surface area contributed by atoms with E-state index in [9.17, 15) is 0 Å². The first-order valence-corrected chi connectivity index (χ1v) is 4.00. The zero-order valence-electron chi connectivity index (χ0n) is 8.01. The van der Waals surface area contributed by atoms with E-state index in [2.05, 4.69) is 13.2 Å². The molecule has 0 saturated heterocycles. The van der Waals surface area contributed by atoms with E-state index in [-0.39, 0.29) is 5.60 Å². The summed E-state index contributed by atoms with van der Waals surface area (Å²) in [5.74, 6) is 0. The van der Waals surface area contributed by atoms with E-state index in [0.29, 0.717) is 6.61 Å². The molecule has 0 bridgehead atoms. The minimum absolute atomic E-state index is 0.266. The molecule has 0 aliphatic heterocycles. The Balaban J connectivity index is 4.25. The van der Waals surface area contributed by atoms with Crippen molar-refractivity contribution in [3.63, 3.8) is 0 Å². The van der Waals surface area contributed by atoms with Gasteiger partial charge in [0.05, 0.1) is 12.2 Å². The van der Waals surface area contributed by atoms with Gasteiger partial charge >= 0.3 is 0 Å². The lowest BCUT2D eigenvalue weighted by atomic mass is 9.96. The summed E-state index contributed by atoms with van der Waals surface area (Å²) in [6, 6.07) is 0. The Morgan fingerprint density at radius 3 is 1.92 bits per heavy atom. The van der Waals surface area contributed by atoms with Crippen molar-refractivity contribution < 1.29 is 9.47 Å². The topological polar surface area (TPSA) is 18.5 Å². The first-order chi connectivity index (χ1) is 5.74. The average molecular weight is 170 g/mol. The summed E-state index contributed by atoms with van der Waals surface area (Å²) in [6.07, 6.45) is 5.24. The van der Waals surface area contributed by atoms with Crippen LogP contribution in [0, 0.1) is 0 Å². The van der Waals surface area contributed by atoms with Crippen LogP contribution in [-0.2, 0) is 9.47 Å². The molecule has 0 atom stereocenters. The molecule has 0 unspecified atom stereocenters. The zero-order valence-corrected chi connectivity index (χ0v) is 8.01. The minimum Gasteiger partial charge on any atom is -0.382 e. The average Bonchev–Trinajstić information content (AvgIpc) is 2.06. The highest BCUT2D eigenvalue weighted by Gasteiger charge is 2.26. The van der Waals surface area contributed by atoms with E-state index in [0.717, 1.165) is 12.8 Å². The highest BCUT2D eigenvalue weighted by atomic mass is 16.5. The van der Waals surface area contributed by atoms with E-state index >= 15 is 0 Å². The van der Waals surface area contributed by atoms with Crippen LogP contribution < -0.4 is 0 Å². The molecule has 2 nitrogen and oxygen atoms in total. The molecule has 0 amide bonds. The van der Waals surface area contributed by atoms with E-state index in [1.54, 1.807) is 14.2 Å². The fourth-order valence-electron chi connectivity index (χ4n) is 1.22. The smallest absolute Gasteiger partial charge is 0.0978 e. The van der Waals surface area contributed by atoms with Gasteiger partial charge in [-0.15, -0.1) is 13.2 Å². The molecule has 0 rings (SSSR count). The van der Waals surface area contributed by atoms with Gasteiger partial charge in [0.25, 0.3) is 0 Å². The molecule has 0 heterocycles. The summed E-state index contributed by atoms with van der Waals surface area (Å²) in [7, 11) is 3.35. The van der Waals surface area contributed by atoms with Gasteiger partial charge in [-0.3, -0.25) is 0 Å². The predicted molar refractivity (Wildman–Crippen MR) is 51.2 cm³/mol. The Kier molecular flexibility index (Phi) is 5.68. The predicted octanol–water partition coefficient (Wildman–Crippen LogP) is 2.17. The Bertz CT molecular complexity index is 131. The molecule has 0 radical (unpaired) electrons. The standard InChI is InChI=1S/C10H18O2/c1-5-7-10(12-4,8-6-2)9-11-3/h5-6H,1-2,7-9H2,3-4H3. The van der Waals surface area contributed by atoms with Crippen molar-refractivity contribution >= 4 is 0 Å². The van der Waals surface area contributed by atoms with Crippen molar-refractivity contribution in [2.24, 2.45) is 0 Å². The lowest BCUT2D eigenvalue weighted by molar-refractivity contribution is -0.0596. The first-order valence-electron chi connectivity index (χ1n) is 4.00. The van der Waals surface area contributed by atoms with Crippen LogP contribution in [-0.4, -0.2) is 26.4 Å². The molecule has 2 heteroatoms. The van der Waals surface area contributed by atoms with E-state index in [4.69, 9.17) is 9.47 Å². The molecule has 0 aromatic heterocycles. The molecule has 0 aliphatic carbocycles. The summed E-state index contributed by atoms with van der Waals surface area (Å²) >= 11 is 0. The number of ether oxygens (including phenoxy) is 2. The second-order valence-corrected chi connectivity index (χ2v) is 2.81. The van der Waals surface area contributed by atoms with Gasteiger partial charge in [-0.2, -0.15) is 0 Å². The van der Waals surface area contributed by atoms with Gasteiger partial charge in [0, 0.05) is 14.2 Å². The van der Waals surface area contributed by atoms with Crippen molar-refractivity contribution in [2.75, 3.05) is 20.8 Å². The highest BCUT2D eigenvalue weighted by molar-refractivity contribution is 4.93. The van der Waals surface area contributed by atoms with Crippen LogP contribution in [0.25, 0.3) is 0 Å². The molecule has 0 aromatic rings. The van der Waals surface area contributed by atoms with Crippen LogP contribution >= 0.6 is 0 Å². The molecule has 0 spiro atoms. The van der Waals surface area contributed by atoms with Gasteiger partial charge in [0.15, 0.2) is 0 Å². The third-order valence-electron chi connectivity index (χ3n) is 1.87. The number of hydrogen-bond donors (Lipinski definition) is 0. The second-order valence-electron chi connectivity index (χ2n) is 2.81. The summed E-state index contributed by atoms with van der Waals surface area (Å²) in [4.78, 5) is 0. The fraction of sp³-hybridized carbons (Fsp3) is 0.600. The van der Waals surface area contributed by atoms with Crippen molar-refractivity contribution in [3.05, 3.63) is 25.3 Å². The van der Waals surface area contributed by atoms with E-state index < -0.39 is 0 Å². The van der Waals surface area contributed by atoms with Gasteiger partial charge in [-0.05, 0) is 12.8 Å². The third kappa shape index (κ3) is 3.20. The maximum absolute atomic E-state index is 5.39. The van der Waals surface area contributed by atoms with Gasteiger partial charge < -0.3 is 9.47 Å². The Morgan fingerprint density at radius 2 is 1.67 bits per heavy atom. The van der Waals surface area contributed by atoms with Crippen LogP contribution in [0.15, 0.2) is 25.3 Å². The minimum atomic E-state index is -0.266. The van der Waals surface area contributed by atoms with Crippen LogP contribution in [0.4, 0.5) is 0 Å². The Morgan fingerprint density at radius 1 is 1.17 bits per heavy atom. The van der Waals surface area contributed by atoms with Gasteiger partial charge in [-0.25, -0.2) is 0 Å². The second kappa shape index (κ2) is 5.98. The molecule has 12 heavy (non-hydrogen) atoms. The third-order valence-corrected chi connectivity index (χ3v) is 1.87. The molecule has 0 saturated carbocycles.